The SMILES string of the molecule is CC[C@H](C)[C@H](NC(=O)[C@@H](NC(=O)[C@@H](NC(=O)[C@H](CC(C)C)NC(=O)[C@H](CO)NC(=O)[C@@H](NC(=O)[C@H](CC(C)C)NC(=O)[C@@H](NC(=O)[C@H](CO)NC(=O)[C@H](CCCN=C(N)N)NC(=O)CNC(=O)[C@@H](N)CCC(=O)O)[C@@H](C)O)[C@@H](C)O)[C@@H](C)O)[C@@H](C)CC)C(=O)O. The van der Waals surface area contributed by atoms with Crippen LogP contribution in [0, 0.1) is 23.7 Å². The maximum atomic E-state index is 14.0. The Bertz CT molecular complexity index is 2440. The van der Waals surface area contributed by atoms with Crippen LogP contribution in [-0.4, -0.2) is 230 Å². The summed E-state index contributed by atoms with van der Waals surface area (Å²) in [5.41, 5.74) is 16.4. The van der Waals surface area contributed by atoms with Crippen molar-refractivity contribution >= 4 is 82.9 Å². The zero-order valence-electron chi connectivity index (χ0n) is 53.0. The van der Waals surface area contributed by atoms with Crippen LogP contribution in [-0.2, 0) is 62.3 Å². The average Bonchev–Trinajstić information content (AvgIpc) is 3.49. The number of carbonyl (C=O) groups excluding carboxylic acids is 11. The number of carboxylic acids is 2. The molecule has 0 saturated heterocycles. The van der Waals surface area contributed by atoms with Crippen LogP contribution in [0.3, 0.4) is 0 Å². The lowest BCUT2D eigenvalue weighted by Gasteiger charge is -2.30. The van der Waals surface area contributed by atoms with Crippen molar-refractivity contribution in [1.82, 2.24) is 58.5 Å². The molecule has 0 aliphatic carbocycles. The molecule has 0 aliphatic rings. The van der Waals surface area contributed by atoms with Crippen LogP contribution in [0.2, 0.25) is 0 Å². The Labute approximate surface area is 522 Å². The molecule has 0 radical (unpaired) electrons. The van der Waals surface area contributed by atoms with Gasteiger partial charge in [-0.25, -0.2) is 4.79 Å². The van der Waals surface area contributed by atoms with Crippen LogP contribution < -0.4 is 75.7 Å². The van der Waals surface area contributed by atoms with E-state index in [0.717, 1.165) is 13.8 Å². The number of hydrogen-bond acceptors (Lipinski definition) is 20. The summed E-state index contributed by atoms with van der Waals surface area (Å²) in [4.78, 5) is 176. The lowest BCUT2D eigenvalue weighted by atomic mass is 9.95. The number of aliphatic hydroxyl groups is 5. The Hall–Kier alpha value is -7.86. The van der Waals surface area contributed by atoms with Crippen molar-refractivity contribution in [1.29, 1.82) is 0 Å². The number of aliphatic carboxylic acids is 2. The summed E-state index contributed by atoms with van der Waals surface area (Å²) >= 11 is 0. The van der Waals surface area contributed by atoms with Gasteiger partial charge in [-0.2, -0.15) is 0 Å². The zero-order valence-corrected chi connectivity index (χ0v) is 53.0. The average molecular weight is 1290 g/mol. The predicted molar refractivity (Wildman–Crippen MR) is 322 cm³/mol. The van der Waals surface area contributed by atoms with Gasteiger partial charge in [0.15, 0.2) is 5.96 Å². The van der Waals surface area contributed by atoms with E-state index in [1.807, 2.05) is 0 Å². The van der Waals surface area contributed by atoms with Crippen molar-refractivity contribution < 1.29 is 98.1 Å². The van der Waals surface area contributed by atoms with Gasteiger partial charge in [0.1, 0.15) is 60.4 Å². The van der Waals surface area contributed by atoms with E-state index in [2.05, 4.69) is 63.5 Å². The van der Waals surface area contributed by atoms with Crippen LogP contribution in [0.4, 0.5) is 0 Å². The topological polar surface area (TPSA) is 586 Å². The summed E-state index contributed by atoms with van der Waals surface area (Å²) < 4.78 is 0. The zero-order chi connectivity index (χ0) is 69.4. The number of hydrogen-bond donors (Lipinski definition) is 21. The summed E-state index contributed by atoms with van der Waals surface area (Å²) in [6.45, 7) is 13.6. The highest BCUT2D eigenvalue weighted by Crippen LogP contribution is 2.15. The lowest BCUT2D eigenvalue weighted by molar-refractivity contribution is -0.144. The number of amides is 11. The van der Waals surface area contributed by atoms with Crippen LogP contribution in [0.5, 0.6) is 0 Å². The van der Waals surface area contributed by atoms with Gasteiger partial charge in [0.05, 0.1) is 44.1 Å². The van der Waals surface area contributed by atoms with Gasteiger partial charge in [-0.3, -0.25) is 62.5 Å². The van der Waals surface area contributed by atoms with Gasteiger partial charge in [-0.1, -0.05) is 68.2 Å². The highest BCUT2D eigenvalue weighted by atomic mass is 16.4. The number of aliphatic hydroxyl groups excluding tert-OH is 5. The molecule has 35 heteroatoms. The molecule has 0 aromatic carbocycles. The third kappa shape index (κ3) is 30.1. The number of nitrogens with one attached hydrogen (secondary N) is 11. The summed E-state index contributed by atoms with van der Waals surface area (Å²) in [6, 6.07) is -17.8. The van der Waals surface area contributed by atoms with Crippen LogP contribution in [0.25, 0.3) is 0 Å². The van der Waals surface area contributed by atoms with E-state index >= 15 is 0 Å². The van der Waals surface area contributed by atoms with Crippen molar-refractivity contribution in [3.05, 3.63) is 0 Å². The fraction of sp³-hybridized carbons (Fsp3) is 0.745. The van der Waals surface area contributed by atoms with Crippen molar-refractivity contribution in [2.24, 2.45) is 45.9 Å². The third-order valence-corrected chi connectivity index (χ3v) is 14.1. The maximum absolute atomic E-state index is 14.0. The highest BCUT2D eigenvalue weighted by Gasteiger charge is 2.39. The molecule has 0 rings (SSSR count). The molecule has 0 fully saturated rings. The molecule has 0 aromatic heterocycles. The molecule has 0 bridgehead atoms. The molecule has 35 nitrogen and oxygen atoms in total. The van der Waals surface area contributed by atoms with Gasteiger partial charge < -0.3 is 111 Å². The quantitative estimate of drug-likeness (QED) is 0.0153. The van der Waals surface area contributed by atoms with Crippen molar-refractivity contribution in [3.63, 3.8) is 0 Å². The van der Waals surface area contributed by atoms with E-state index in [1.54, 1.807) is 55.4 Å². The smallest absolute Gasteiger partial charge is 0.326 e. The molecular formula is C55H99N15O20. The van der Waals surface area contributed by atoms with E-state index < -0.39 is 206 Å². The number of rotatable bonds is 43. The minimum Gasteiger partial charge on any atom is -0.481 e. The Morgan fingerprint density at radius 2 is 0.778 bits per heavy atom. The Morgan fingerprint density at radius 1 is 0.433 bits per heavy atom. The number of nitrogens with two attached hydrogens (primary N) is 3. The first-order valence-electron chi connectivity index (χ1n) is 29.7. The second kappa shape index (κ2) is 41.4. The number of aliphatic imine (C=N–C) groups is 1. The molecule has 514 valence electrons. The molecule has 0 aliphatic heterocycles. The summed E-state index contributed by atoms with van der Waals surface area (Å²) in [7, 11) is 0. The molecule has 0 saturated carbocycles. The number of carbonyl (C=O) groups is 13. The van der Waals surface area contributed by atoms with Gasteiger partial charge in [0.2, 0.25) is 65.0 Å². The monoisotopic (exact) mass is 1290 g/mol. The van der Waals surface area contributed by atoms with E-state index in [-0.39, 0.29) is 50.5 Å². The largest absolute Gasteiger partial charge is 0.481 e. The molecular weight excluding hydrogens is 1190 g/mol. The first-order chi connectivity index (χ1) is 41.9. The minimum absolute atomic E-state index is 0.0343. The first-order valence-corrected chi connectivity index (χ1v) is 29.7. The Balaban J connectivity index is 6.48. The van der Waals surface area contributed by atoms with Crippen molar-refractivity contribution in [2.75, 3.05) is 26.3 Å². The number of guanidine groups is 1. The summed E-state index contributed by atoms with van der Waals surface area (Å²) in [5.74, 6) is -16.4. The van der Waals surface area contributed by atoms with Gasteiger partial charge in [0.25, 0.3) is 0 Å². The number of nitrogens with zero attached hydrogens (tertiary/aromatic N) is 1. The fourth-order valence-corrected chi connectivity index (χ4v) is 8.44. The highest BCUT2D eigenvalue weighted by molar-refractivity contribution is 5.99. The Morgan fingerprint density at radius 3 is 1.17 bits per heavy atom. The van der Waals surface area contributed by atoms with E-state index in [4.69, 9.17) is 22.3 Å². The molecule has 0 unspecified atom stereocenters. The predicted octanol–water partition coefficient (Wildman–Crippen LogP) is -7.41. The van der Waals surface area contributed by atoms with Gasteiger partial charge in [0, 0.05) is 13.0 Å². The first kappa shape index (κ1) is 82.1. The van der Waals surface area contributed by atoms with E-state index in [0.29, 0.717) is 12.8 Å². The van der Waals surface area contributed by atoms with Crippen molar-refractivity contribution in [3.8, 4) is 0 Å². The lowest BCUT2D eigenvalue weighted by Crippen LogP contribution is -2.64. The molecule has 0 spiro atoms. The Kier molecular flexibility index (Phi) is 37.8. The molecule has 11 amide bonds. The minimum atomic E-state index is -1.92. The molecule has 90 heavy (non-hydrogen) atoms. The van der Waals surface area contributed by atoms with Gasteiger partial charge in [-0.05, 0) is 76.5 Å². The molecule has 24 N–H and O–H groups in total. The van der Waals surface area contributed by atoms with E-state index in [1.165, 1.54) is 6.92 Å². The fourth-order valence-electron chi connectivity index (χ4n) is 8.44. The second-order valence-corrected chi connectivity index (χ2v) is 23.0. The van der Waals surface area contributed by atoms with Gasteiger partial charge >= 0.3 is 11.9 Å². The summed E-state index contributed by atoms with van der Waals surface area (Å²) in [5, 5.41) is 96.9. The van der Waals surface area contributed by atoms with Crippen LogP contribution in [0.1, 0.15) is 128 Å². The third-order valence-electron chi connectivity index (χ3n) is 14.1. The standard InChI is InChI=1S/C55H99N15O20/c1-12-26(7)39(50(85)67-40(54(89)90)27(8)13-2)66-53(88)43(30(11)75)69-46(81)33(19-24(3)4)62-48(83)35(22-71)65-52(87)42(29(10)74)68-47(82)34(20-25(5)6)63-51(86)41(28(9)73)70-49(84)36(23-72)64-45(80)32(15-14-18-59-55(57)58)61-37(76)21-60-44(79)31(56)16-17-38(77)78/h24-36,39-43,71-75H,12-23,56H2,1-11H3,(H,60,79)(H,61,76)(H,62,83)(H,63,86)(H,64,80)(H,65,87)(H,66,88)(H,67,85)(H,68,82)(H,69,81)(H,70,84)(H,77,78)(H,89,90)(H4,57,58,59)/t26-,27-,28+,29+,30+,31-,32-,33-,34-,35-,36-,39-,40-,41-,42-,43-/m0/s1. The summed E-state index contributed by atoms with van der Waals surface area (Å²) in [6.07, 6.45) is -5.48. The van der Waals surface area contributed by atoms with Crippen LogP contribution in [0.15, 0.2) is 4.99 Å². The second-order valence-electron chi connectivity index (χ2n) is 23.0. The normalized spacial score (nSPS) is 16.6. The number of carboxylic acid groups (broad SMARTS) is 2. The van der Waals surface area contributed by atoms with Crippen molar-refractivity contribution in [2.45, 2.75) is 212 Å². The van der Waals surface area contributed by atoms with Crippen LogP contribution >= 0.6 is 0 Å². The molecule has 0 heterocycles. The molecule has 0 aromatic rings. The maximum Gasteiger partial charge on any atom is 0.326 e. The molecule has 16 atom stereocenters. The van der Waals surface area contributed by atoms with Gasteiger partial charge in [-0.15, -0.1) is 0 Å². The van der Waals surface area contributed by atoms with E-state index in [9.17, 15) is 93.0 Å².